The summed E-state index contributed by atoms with van der Waals surface area (Å²) in [4.78, 5) is 39.2. The number of nitrogens with zero attached hydrogens (tertiary/aromatic N) is 1. The predicted octanol–water partition coefficient (Wildman–Crippen LogP) is 2.81. The molecule has 6 heteroatoms. The highest BCUT2D eigenvalue weighted by Gasteiger charge is 2.62. The molecular weight excluding hydrogens is 372 g/mol. The van der Waals surface area contributed by atoms with E-state index in [2.05, 4.69) is 21.2 Å². The van der Waals surface area contributed by atoms with Gasteiger partial charge in [-0.25, -0.2) is 0 Å². The quantitative estimate of drug-likeness (QED) is 0.806. The van der Waals surface area contributed by atoms with Crippen molar-refractivity contribution in [3.8, 4) is 0 Å². The van der Waals surface area contributed by atoms with Crippen LogP contribution in [-0.2, 0) is 14.4 Å². The van der Waals surface area contributed by atoms with E-state index in [1.165, 1.54) is 4.90 Å². The van der Waals surface area contributed by atoms with Crippen molar-refractivity contribution in [2.75, 3.05) is 5.32 Å². The number of hydrogen-bond donors (Lipinski definition) is 1. The molecule has 3 aliphatic rings. The van der Waals surface area contributed by atoms with Gasteiger partial charge in [-0.1, -0.05) is 15.9 Å². The van der Waals surface area contributed by atoms with Crippen molar-refractivity contribution in [1.82, 2.24) is 4.90 Å². The summed E-state index contributed by atoms with van der Waals surface area (Å²) < 4.78 is 0.918. The van der Waals surface area contributed by atoms with Crippen molar-refractivity contribution in [1.29, 1.82) is 0 Å². The van der Waals surface area contributed by atoms with Crippen LogP contribution in [-0.4, -0.2) is 28.7 Å². The number of amides is 3. The first-order valence-corrected chi connectivity index (χ1v) is 9.20. The van der Waals surface area contributed by atoms with Crippen molar-refractivity contribution < 1.29 is 14.4 Å². The van der Waals surface area contributed by atoms with Crippen molar-refractivity contribution >= 4 is 39.3 Å². The van der Waals surface area contributed by atoms with Gasteiger partial charge in [0.1, 0.15) is 6.04 Å². The van der Waals surface area contributed by atoms with Gasteiger partial charge in [0, 0.05) is 10.2 Å². The third-order valence-corrected chi connectivity index (χ3v) is 6.37. The number of benzene rings is 1. The zero-order chi connectivity index (χ0) is 17.0. The van der Waals surface area contributed by atoms with E-state index >= 15 is 0 Å². The molecule has 1 saturated heterocycles. The second-order valence-corrected chi connectivity index (χ2v) is 8.02. The number of likely N-dealkylation sites (tertiary alicyclic amines) is 1. The minimum atomic E-state index is -0.779. The second kappa shape index (κ2) is 5.69. The van der Waals surface area contributed by atoms with E-state index < -0.39 is 6.04 Å². The van der Waals surface area contributed by atoms with E-state index in [-0.39, 0.29) is 29.6 Å². The number of carbonyl (C=O) groups excluding carboxylic acids is 3. The Labute approximate surface area is 148 Å². The minimum Gasteiger partial charge on any atom is -0.324 e. The first-order valence-electron chi connectivity index (χ1n) is 8.40. The molecule has 5 atom stereocenters. The van der Waals surface area contributed by atoms with Crippen molar-refractivity contribution in [3.63, 3.8) is 0 Å². The molecule has 5 nitrogen and oxygen atoms in total. The number of hydrogen-bond acceptors (Lipinski definition) is 3. The number of imide groups is 1. The highest BCUT2D eigenvalue weighted by molar-refractivity contribution is 9.10. The summed E-state index contributed by atoms with van der Waals surface area (Å²) in [6.45, 7) is 1.63. The molecule has 2 bridgehead atoms. The average Bonchev–Trinajstić information content (AvgIpc) is 3.23. The van der Waals surface area contributed by atoms with Gasteiger partial charge in [-0.2, -0.15) is 0 Å². The number of anilines is 1. The maximum absolute atomic E-state index is 12.7. The van der Waals surface area contributed by atoms with E-state index in [1.54, 1.807) is 19.1 Å². The molecule has 3 amide bonds. The van der Waals surface area contributed by atoms with Gasteiger partial charge in [-0.15, -0.1) is 0 Å². The summed E-state index contributed by atoms with van der Waals surface area (Å²) in [6, 6.07) is 6.43. The Balaban J connectivity index is 1.51. The number of rotatable bonds is 3. The molecule has 1 heterocycles. The first kappa shape index (κ1) is 15.8. The Morgan fingerprint density at radius 2 is 1.67 bits per heavy atom. The Morgan fingerprint density at radius 3 is 2.21 bits per heavy atom. The van der Waals surface area contributed by atoms with Crippen molar-refractivity contribution in [2.45, 2.75) is 32.2 Å². The number of carbonyl (C=O) groups is 3. The standard InChI is InChI=1S/C18H19BrN2O3/c1-9(16(22)20-13-6-4-12(19)5-7-13)21-17(23)14-10-2-3-11(8-10)15(14)18(21)24/h4-7,9-11,14-15H,2-3,8H2,1H3,(H,20,22)/t9-,10-,11-,14-,15+/m1/s1. The predicted molar refractivity (Wildman–Crippen MR) is 91.9 cm³/mol. The fraction of sp³-hybridized carbons (Fsp3) is 0.500. The summed E-state index contributed by atoms with van der Waals surface area (Å²) >= 11 is 3.34. The van der Waals surface area contributed by atoms with E-state index in [0.29, 0.717) is 17.5 Å². The summed E-state index contributed by atoms with van der Waals surface area (Å²) in [7, 11) is 0. The number of nitrogens with one attached hydrogen (secondary N) is 1. The van der Waals surface area contributed by atoms with Crippen LogP contribution in [0.1, 0.15) is 26.2 Å². The maximum Gasteiger partial charge on any atom is 0.247 e. The summed E-state index contributed by atoms with van der Waals surface area (Å²) in [5.41, 5.74) is 0.648. The van der Waals surface area contributed by atoms with Crippen LogP contribution < -0.4 is 5.32 Å². The zero-order valence-electron chi connectivity index (χ0n) is 13.4. The second-order valence-electron chi connectivity index (χ2n) is 7.10. The van der Waals surface area contributed by atoms with Crippen LogP contribution in [0.4, 0.5) is 5.69 Å². The SMILES string of the molecule is C[C@H](C(=O)Nc1ccc(Br)cc1)N1C(=O)[C@@H]2[C@@H]3CC[C@H](C3)[C@@H]2C1=O. The summed E-state index contributed by atoms with van der Waals surface area (Å²) in [6.07, 6.45) is 3.08. The topological polar surface area (TPSA) is 66.5 Å². The summed E-state index contributed by atoms with van der Waals surface area (Å²) in [5.74, 6) is -0.303. The Morgan fingerprint density at radius 1 is 1.12 bits per heavy atom. The third-order valence-electron chi connectivity index (χ3n) is 5.84. The van der Waals surface area contributed by atoms with Gasteiger partial charge >= 0.3 is 0 Å². The average molecular weight is 391 g/mol. The molecule has 2 aliphatic carbocycles. The lowest BCUT2D eigenvalue weighted by molar-refractivity contribution is -0.146. The molecule has 3 fully saturated rings. The van der Waals surface area contributed by atoms with Crippen molar-refractivity contribution in [3.05, 3.63) is 28.7 Å². The molecule has 1 N–H and O–H groups in total. The van der Waals surface area contributed by atoms with E-state index in [9.17, 15) is 14.4 Å². The largest absolute Gasteiger partial charge is 0.324 e. The van der Waals surface area contributed by atoms with Crippen LogP contribution in [0.2, 0.25) is 0 Å². The summed E-state index contributed by atoms with van der Waals surface area (Å²) in [5, 5.41) is 2.78. The van der Waals surface area contributed by atoms with Crippen LogP contribution in [0.3, 0.4) is 0 Å². The third kappa shape index (κ3) is 2.31. The van der Waals surface area contributed by atoms with Gasteiger partial charge in [-0.3, -0.25) is 19.3 Å². The van der Waals surface area contributed by atoms with E-state index in [4.69, 9.17) is 0 Å². The normalized spacial score (nSPS) is 32.2. The zero-order valence-corrected chi connectivity index (χ0v) is 15.0. The van der Waals surface area contributed by atoms with Crippen LogP contribution >= 0.6 is 15.9 Å². The maximum atomic E-state index is 12.7. The van der Waals surface area contributed by atoms with E-state index in [1.807, 2.05) is 12.1 Å². The number of fused-ring (bicyclic) bond motifs is 5. The highest BCUT2D eigenvalue weighted by Crippen LogP contribution is 2.56. The van der Waals surface area contributed by atoms with Gasteiger partial charge in [0.05, 0.1) is 11.8 Å². The first-order chi connectivity index (χ1) is 11.5. The molecule has 2 saturated carbocycles. The molecule has 0 unspecified atom stereocenters. The van der Waals surface area contributed by atoms with Crippen LogP contribution in [0.15, 0.2) is 28.7 Å². The fourth-order valence-electron chi connectivity index (χ4n) is 4.71. The van der Waals surface area contributed by atoms with Crippen molar-refractivity contribution in [2.24, 2.45) is 23.7 Å². The molecule has 0 radical (unpaired) electrons. The molecule has 0 aromatic heterocycles. The molecule has 24 heavy (non-hydrogen) atoms. The smallest absolute Gasteiger partial charge is 0.247 e. The number of halogens is 1. The molecule has 1 aromatic carbocycles. The van der Waals surface area contributed by atoms with Crippen LogP contribution in [0.25, 0.3) is 0 Å². The fourth-order valence-corrected chi connectivity index (χ4v) is 4.98. The van der Waals surface area contributed by atoms with Gasteiger partial charge in [-0.05, 0) is 62.3 Å². The lowest BCUT2D eigenvalue weighted by Crippen LogP contribution is -2.46. The lowest BCUT2D eigenvalue weighted by Gasteiger charge is -2.23. The van der Waals surface area contributed by atoms with Gasteiger partial charge in [0.2, 0.25) is 17.7 Å². The lowest BCUT2D eigenvalue weighted by atomic mass is 9.81. The Bertz CT molecular complexity index is 689. The Hall–Kier alpha value is -1.69. The molecule has 1 aromatic rings. The van der Waals surface area contributed by atoms with E-state index in [0.717, 1.165) is 23.7 Å². The van der Waals surface area contributed by atoms with Crippen LogP contribution in [0, 0.1) is 23.7 Å². The van der Waals surface area contributed by atoms with Gasteiger partial charge in [0.25, 0.3) is 0 Å². The molecule has 1 aliphatic heterocycles. The molecule has 4 rings (SSSR count). The minimum absolute atomic E-state index is 0.143. The monoisotopic (exact) mass is 390 g/mol. The molecular formula is C18H19BrN2O3. The van der Waals surface area contributed by atoms with Gasteiger partial charge in [0.15, 0.2) is 0 Å². The van der Waals surface area contributed by atoms with Crippen LogP contribution in [0.5, 0.6) is 0 Å². The highest BCUT2D eigenvalue weighted by atomic mass is 79.9. The Kier molecular flexibility index (Phi) is 3.75. The molecule has 0 spiro atoms. The molecule has 126 valence electrons. The van der Waals surface area contributed by atoms with Gasteiger partial charge < -0.3 is 5.32 Å².